The molecule has 0 radical (unpaired) electrons. The van der Waals surface area contributed by atoms with E-state index in [1.54, 1.807) is 0 Å². The normalized spacial score (nSPS) is 19.7. The highest BCUT2D eigenvalue weighted by molar-refractivity contribution is 5.86. The van der Waals surface area contributed by atoms with Crippen LogP contribution in [0.2, 0.25) is 0 Å². The summed E-state index contributed by atoms with van der Waals surface area (Å²) in [7, 11) is 1.52. The van der Waals surface area contributed by atoms with E-state index in [2.05, 4.69) is 5.32 Å². The number of carboxylic acids is 1. The number of aliphatic carboxylic acids is 1. The van der Waals surface area contributed by atoms with Crippen LogP contribution in [0.1, 0.15) is 51.9 Å². The van der Waals surface area contributed by atoms with Gasteiger partial charge >= 0.3 is 5.97 Å². The minimum atomic E-state index is -0.978. The van der Waals surface area contributed by atoms with E-state index in [1.165, 1.54) is 13.5 Å². The molecule has 19 heavy (non-hydrogen) atoms. The molecule has 1 aliphatic carbocycles. The van der Waals surface area contributed by atoms with Gasteiger partial charge in [0, 0.05) is 7.11 Å². The lowest BCUT2D eigenvalue weighted by molar-refractivity contribution is -0.145. The van der Waals surface area contributed by atoms with Gasteiger partial charge in [-0.1, -0.05) is 32.6 Å². The quantitative estimate of drug-likeness (QED) is 0.742. The summed E-state index contributed by atoms with van der Waals surface area (Å²) >= 11 is 0. The third-order valence-electron chi connectivity index (χ3n) is 3.78. The zero-order valence-electron chi connectivity index (χ0n) is 11.9. The second-order valence-corrected chi connectivity index (χ2v) is 5.24. The van der Waals surface area contributed by atoms with Crippen molar-refractivity contribution in [2.45, 2.75) is 64.0 Å². The Morgan fingerprint density at radius 2 is 1.95 bits per heavy atom. The van der Waals surface area contributed by atoms with Crippen molar-refractivity contribution in [3.8, 4) is 0 Å². The Hall–Kier alpha value is -1.10. The SMILES string of the molecule is CCCC(NC(=O)C(OC)C1CCCCC1)C(=O)O. The van der Waals surface area contributed by atoms with Crippen LogP contribution in [0.15, 0.2) is 0 Å². The fourth-order valence-corrected chi connectivity index (χ4v) is 2.75. The summed E-state index contributed by atoms with van der Waals surface area (Å²) in [5.41, 5.74) is 0. The number of carbonyl (C=O) groups excluding carboxylic acids is 1. The topological polar surface area (TPSA) is 75.6 Å². The van der Waals surface area contributed by atoms with Crippen LogP contribution < -0.4 is 5.32 Å². The molecule has 0 spiro atoms. The summed E-state index contributed by atoms with van der Waals surface area (Å²) in [5.74, 6) is -1.04. The van der Waals surface area contributed by atoms with Crippen molar-refractivity contribution in [1.82, 2.24) is 5.32 Å². The van der Waals surface area contributed by atoms with Crippen LogP contribution in [0.3, 0.4) is 0 Å². The molecule has 0 aromatic carbocycles. The number of methoxy groups -OCH3 is 1. The first-order valence-electron chi connectivity index (χ1n) is 7.16. The van der Waals surface area contributed by atoms with Gasteiger partial charge in [0.05, 0.1) is 0 Å². The number of amides is 1. The Morgan fingerprint density at radius 1 is 1.32 bits per heavy atom. The van der Waals surface area contributed by atoms with E-state index in [0.717, 1.165) is 32.1 Å². The van der Waals surface area contributed by atoms with E-state index in [9.17, 15) is 9.59 Å². The number of hydrogen-bond donors (Lipinski definition) is 2. The molecule has 1 saturated carbocycles. The standard InChI is InChI=1S/C14H25NO4/c1-3-7-11(14(17)18)15-13(16)12(19-2)10-8-5-4-6-9-10/h10-12H,3-9H2,1-2H3,(H,15,16)(H,17,18). The number of rotatable bonds is 7. The third kappa shape index (κ3) is 4.82. The first-order chi connectivity index (χ1) is 9.10. The first-order valence-corrected chi connectivity index (χ1v) is 7.16. The highest BCUT2D eigenvalue weighted by atomic mass is 16.5. The van der Waals surface area contributed by atoms with Crippen molar-refractivity contribution < 1.29 is 19.4 Å². The number of hydrogen-bond acceptors (Lipinski definition) is 3. The summed E-state index contributed by atoms with van der Waals surface area (Å²) in [5, 5.41) is 11.7. The van der Waals surface area contributed by atoms with Crippen LogP contribution in [0.5, 0.6) is 0 Å². The molecular weight excluding hydrogens is 246 g/mol. The number of carbonyl (C=O) groups is 2. The van der Waals surface area contributed by atoms with Gasteiger partial charge in [-0.15, -0.1) is 0 Å². The van der Waals surface area contributed by atoms with Crippen molar-refractivity contribution in [3.63, 3.8) is 0 Å². The molecule has 0 aliphatic heterocycles. The van der Waals surface area contributed by atoms with Crippen LogP contribution in [-0.4, -0.2) is 36.2 Å². The number of ether oxygens (including phenoxy) is 1. The van der Waals surface area contributed by atoms with Gasteiger partial charge in [-0.3, -0.25) is 4.79 Å². The van der Waals surface area contributed by atoms with Crippen LogP contribution in [0.4, 0.5) is 0 Å². The largest absolute Gasteiger partial charge is 0.480 e. The average Bonchev–Trinajstić information content (AvgIpc) is 2.40. The van der Waals surface area contributed by atoms with Crippen LogP contribution in [-0.2, 0) is 14.3 Å². The van der Waals surface area contributed by atoms with Gasteiger partial charge in [0.2, 0.25) is 5.91 Å². The molecule has 0 heterocycles. The van der Waals surface area contributed by atoms with Crippen molar-refractivity contribution >= 4 is 11.9 Å². The molecule has 5 heteroatoms. The van der Waals surface area contributed by atoms with Gasteiger partial charge in [0.25, 0.3) is 0 Å². The molecule has 110 valence electrons. The lowest BCUT2D eigenvalue weighted by atomic mass is 9.84. The molecule has 1 aliphatic rings. The Bertz CT molecular complexity index is 300. The molecule has 0 aromatic rings. The Kier molecular flexibility index (Phi) is 6.84. The number of nitrogens with one attached hydrogen (secondary N) is 1. The van der Waals surface area contributed by atoms with E-state index in [4.69, 9.17) is 9.84 Å². The summed E-state index contributed by atoms with van der Waals surface area (Å²) in [6.07, 6.45) is 6.07. The van der Waals surface area contributed by atoms with E-state index in [1.807, 2.05) is 6.92 Å². The summed E-state index contributed by atoms with van der Waals surface area (Å²) in [6.45, 7) is 1.90. The van der Waals surface area contributed by atoms with E-state index in [0.29, 0.717) is 6.42 Å². The fourth-order valence-electron chi connectivity index (χ4n) is 2.75. The monoisotopic (exact) mass is 271 g/mol. The van der Waals surface area contributed by atoms with E-state index in [-0.39, 0.29) is 11.8 Å². The second kappa shape index (κ2) is 8.15. The molecule has 0 bridgehead atoms. The highest BCUT2D eigenvalue weighted by Gasteiger charge is 2.31. The molecule has 0 saturated heterocycles. The zero-order valence-corrected chi connectivity index (χ0v) is 11.9. The first kappa shape index (κ1) is 16.0. The molecule has 1 amide bonds. The molecule has 2 atom stereocenters. The predicted octanol–water partition coefficient (Wildman–Crippen LogP) is 1.95. The molecular formula is C14H25NO4. The van der Waals surface area contributed by atoms with Crippen LogP contribution in [0, 0.1) is 5.92 Å². The Morgan fingerprint density at radius 3 is 2.42 bits per heavy atom. The van der Waals surface area contributed by atoms with E-state index >= 15 is 0 Å². The Labute approximate surface area is 114 Å². The van der Waals surface area contributed by atoms with E-state index < -0.39 is 18.1 Å². The molecule has 2 N–H and O–H groups in total. The fraction of sp³-hybridized carbons (Fsp3) is 0.857. The van der Waals surface area contributed by atoms with Gasteiger partial charge in [0.1, 0.15) is 12.1 Å². The maximum atomic E-state index is 12.2. The minimum Gasteiger partial charge on any atom is -0.480 e. The predicted molar refractivity (Wildman–Crippen MR) is 71.8 cm³/mol. The van der Waals surface area contributed by atoms with Gasteiger partial charge in [0.15, 0.2) is 0 Å². The third-order valence-corrected chi connectivity index (χ3v) is 3.78. The van der Waals surface area contributed by atoms with Gasteiger partial charge in [-0.25, -0.2) is 4.79 Å². The van der Waals surface area contributed by atoms with Crippen molar-refractivity contribution in [2.75, 3.05) is 7.11 Å². The molecule has 2 unspecified atom stereocenters. The second-order valence-electron chi connectivity index (χ2n) is 5.24. The number of carboxylic acid groups (broad SMARTS) is 1. The van der Waals surface area contributed by atoms with Gasteiger partial charge in [-0.2, -0.15) is 0 Å². The summed E-state index contributed by atoms with van der Waals surface area (Å²) < 4.78 is 5.31. The highest BCUT2D eigenvalue weighted by Crippen LogP contribution is 2.28. The molecule has 1 fully saturated rings. The zero-order chi connectivity index (χ0) is 14.3. The van der Waals surface area contributed by atoms with Crippen molar-refractivity contribution in [3.05, 3.63) is 0 Å². The van der Waals surface area contributed by atoms with Gasteiger partial charge in [-0.05, 0) is 25.2 Å². The van der Waals surface area contributed by atoms with Crippen LogP contribution >= 0.6 is 0 Å². The van der Waals surface area contributed by atoms with Crippen molar-refractivity contribution in [1.29, 1.82) is 0 Å². The molecule has 0 aromatic heterocycles. The summed E-state index contributed by atoms with van der Waals surface area (Å²) in [4.78, 5) is 23.2. The maximum Gasteiger partial charge on any atom is 0.326 e. The van der Waals surface area contributed by atoms with Gasteiger partial charge < -0.3 is 15.2 Å². The average molecular weight is 271 g/mol. The van der Waals surface area contributed by atoms with Crippen molar-refractivity contribution in [2.24, 2.45) is 5.92 Å². The maximum absolute atomic E-state index is 12.2. The summed E-state index contributed by atoms with van der Waals surface area (Å²) in [6, 6.07) is -0.807. The molecule has 5 nitrogen and oxygen atoms in total. The smallest absolute Gasteiger partial charge is 0.326 e. The lowest BCUT2D eigenvalue weighted by Crippen LogP contribution is -2.48. The molecule has 1 rings (SSSR count). The minimum absolute atomic E-state index is 0.217. The van der Waals surface area contributed by atoms with Crippen LogP contribution in [0.25, 0.3) is 0 Å². The Balaban J connectivity index is 2.58. The lowest BCUT2D eigenvalue weighted by Gasteiger charge is -2.29.